The maximum atomic E-state index is 12.4. The van der Waals surface area contributed by atoms with E-state index in [1.54, 1.807) is 4.68 Å². The summed E-state index contributed by atoms with van der Waals surface area (Å²) in [5.74, 6) is 0.691. The van der Waals surface area contributed by atoms with Crippen molar-refractivity contribution in [2.75, 3.05) is 5.32 Å². The van der Waals surface area contributed by atoms with Gasteiger partial charge in [-0.3, -0.25) is 4.79 Å². The summed E-state index contributed by atoms with van der Waals surface area (Å²) in [5, 5.41) is 8.33. The second kappa shape index (κ2) is 9.22. The molecule has 0 aliphatic rings. The number of anilines is 1. The van der Waals surface area contributed by atoms with Gasteiger partial charge in [-0.25, -0.2) is 4.68 Å². The minimum absolute atomic E-state index is 0.0233. The minimum atomic E-state index is -0.119. The molecular weight excluding hydrogens is 346 g/mol. The lowest BCUT2D eigenvalue weighted by Crippen LogP contribution is -2.15. The fraction of sp³-hybridized carbons (Fsp3) is 0.524. The molecule has 0 unspecified atom stereocenters. The molecule has 1 amide bonds. The molecule has 0 spiro atoms. The predicted octanol–water partition coefficient (Wildman–Crippen LogP) is 6.12. The van der Waals surface area contributed by atoms with E-state index in [0.29, 0.717) is 17.3 Å². The molecule has 26 heavy (non-hydrogen) atoms. The molecule has 1 aromatic heterocycles. The molecule has 0 bridgehead atoms. The number of halogens is 1. The molecule has 0 aliphatic carbocycles. The van der Waals surface area contributed by atoms with Gasteiger partial charge in [0.15, 0.2) is 0 Å². The molecule has 0 radical (unpaired) electrons. The van der Waals surface area contributed by atoms with E-state index in [2.05, 4.69) is 33.0 Å². The maximum absolute atomic E-state index is 12.4. The van der Waals surface area contributed by atoms with Gasteiger partial charge >= 0.3 is 0 Å². The number of hydrogen-bond donors (Lipinski definition) is 1. The zero-order valence-electron chi connectivity index (χ0n) is 16.3. The van der Waals surface area contributed by atoms with Gasteiger partial charge in [-0.2, -0.15) is 5.10 Å². The molecule has 0 fully saturated rings. The lowest BCUT2D eigenvalue weighted by molar-refractivity contribution is -0.116. The van der Waals surface area contributed by atoms with Crippen LogP contribution in [0.1, 0.15) is 71.9 Å². The number of aromatic nitrogens is 2. The lowest BCUT2D eigenvalue weighted by Gasteiger charge is -2.14. The average molecular weight is 376 g/mol. The van der Waals surface area contributed by atoms with Gasteiger partial charge in [0.1, 0.15) is 5.82 Å². The van der Waals surface area contributed by atoms with Crippen molar-refractivity contribution >= 4 is 23.3 Å². The highest BCUT2D eigenvalue weighted by Crippen LogP contribution is 2.29. The molecule has 2 aromatic rings. The molecule has 2 rings (SSSR count). The molecule has 142 valence electrons. The van der Waals surface area contributed by atoms with Crippen LogP contribution < -0.4 is 5.32 Å². The second-order valence-corrected chi connectivity index (χ2v) is 8.15. The van der Waals surface area contributed by atoms with Crippen molar-refractivity contribution in [2.45, 2.75) is 71.6 Å². The molecule has 1 N–H and O–H groups in total. The van der Waals surface area contributed by atoms with E-state index in [1.165, 1.54) is 19.3 Å². The summed E-state index contributed by atoms with van der Waals surface area (Å²) in [6.07, 6.45) is 6.17. The predicted molar refractivity (Wildman–Crippen MR) is 109 cm³/mol. The summed E-state index contributed by atoms with van der Waals surface area (Å²) in [6.45, 7) is 8.50. The smallest absolute Gasteiger partial charge is 0.225 e. The zero-order chi connectivity index (χ0) is 19.2. The first-order chi connectivity index (χ1) is 12.3. The standard InChI is InChI=1S/C21H30ClN3O/c1-5-6-7-8-9-14-20(26)23-19-15-18(21(2,3)4)24-25(19)17-13-11-10-12-16(17)22/h10-13,15H,5-9,14H2,1-4H3,(H,23,26). The Morgan fingerprint density at radius 1 is 1.15 bits per heavy atom. The lowest BCUT2D eigenvalue weighted by atomic mass is 9.92. The van der Waals surface area contributed by atoms with Crippen LogP contribution >= 0.6 is 11.6 Å². The highest BCUT2D eigenvalue weighted by Gasteiger charge is 2.22. The first kappa shape index (κ1) is 20.5. The first-order valence-electron chi connectivity index (χ1n) is 9.48. The number of amides is 1. The SMILES string of the molecule is CCCCCCCC(=O)Nc1cc(C(C)(C)C)nn1-c1ccccc1Cl. The van der Waals surface area contributed by atoms with Gasteiger partial charge in [0, 0.05) is 17.9 Å². The number of carbonyl (C=O) groups is 1. The zero-order valence-corrected chi connectivity index (χ0v) is 17.1. The van der Waals surface area contributed by atoms with Crippen molar-refractivity contribution in [3.05, 3.63) is 41.0 Å². The quantitative estimate of drug-likeness (QED) is 0.564. The third-order valence-electron chi connectivity index (χ3n) is 4.33. The Bertz CT molecular complexity index is 731. The van der Waals surface area contributed by atoms with E-state index in [4.69, 9.17) is 16.7 Å². The number of rotatable bonds is 8. The number of benzene rings is 1. The number of carbonyl (C=O) groups excluding carboxylic acids is 1. The molecular formula is C21H30ClN3O. The minimum Gasteiger partial charge on any atom is -0.311 e. The topological polar surface area (TPSA) is 46.9 Å². The Morgan fingerprint density at radius 3 is 2.50 bits per heavy atom. The second-order valence-electron chi connectivity index (χ2n) is 7.74. The van der Waals surface area contributed by atoms with Crippen LogP contribution in [0.3, 0.4) is 0 Å². The molecule has 1 aromatic carbocycles. The largest absolute Gasteiger partial charge is 0.311 e. The highest BCUT2D eigenvalue weighted by atomic mass is 35.5. The normalized spacial score (nSPS) is 11.6. The highest BCUT2D eigenvalue weighted by molar-refractivity contribution is 6.32. The van der Waals surface area contributed by atoms with Crippen LogP contribution in [0.4, 0.5) is 5.82 Å². The number of nitrogens with zero attached hydrogens (tertiary/aromatic N) is 2. The van der Waals surface area contributed by atoms with E-state index < -0.39 is 0 Å². The Balaban J connectivity index is 2.17. The third-order valence-corrected chi connectivity index (χ3v) is 4.65. The van der Waals surface area contributed by atoms with Gasteiger partial charge in [-0.1, -0.05) is 77.1 Å². The van der Waals surface area contributed by atoms with Crippen LogP contribution in [0.5, 0.6) is 0 Å². The maximum Gasteiger partial charge on any atom is 0.225 e. The number of nitrogens with one attached hydrogen (secondary N) is 1. The summed E-state index contributed by atoms with van der Waals surface area (Å²) >= 11 is 6.35. The number of para-hydroxylation sites is 1. The van der Waals surface area contributed by atoms with Gasteiger partial charge in [0.25, 0.3) is 0 Å². The molecule has 0 saturated heterocycles. The Morgan fingerprint density at radius 2 is 1.85 bits per heavy atom. The van der Waals surface area contributed by atoms with Gasteiger partial charge in [-0.15, -0.1) is 0 Å². The van der Waals surface area contributed by atoms with Gasteiger partial charge in [0.2, 0.25) is 5.91 Å². The molecule has 0 atom stereocenters. The van der Waals surface area contributed by atoms with Crippen LogP contribution in [0.25, 0.3) is 5.69 Å². The van der Waals surface area contributed by atoms with Gasteiger partial charge < -0.3 is 5.32 Å². The van der Waals surface area contributed by atoms with E-state index in [0.717, 1.165) is 24.2 Å². The molecule has 0 saturated carbocycles. The fourth-order valence-electron chi connectivity index (χ4n) is 2.74. The summed E-state index contributed by atoms with van der Waals surface area (Å²) in [7, 11) is 0. The Labute approximate surface area is 161 Å². The summed E-state index contributed by atoms with van der Waals surface area (Å²) < 4.78 is 1.73. The Kier molecular flexibility index (Phi) is 7.27. The van der Waals surface area contributed by atoms with Gasteiger partial charge in [0.05, 0.1) is 16.4 Å². The number of hydrogen-bond acceptors (Lipinski definition) is 2. The van der Waals surface area contributed by atoms with Crippen LogP contribution in [-0.4, -0.2) is 15.7 Å². The van der Waals surface area contributed by atoms with Crippen LogP contribution in [0.2, 0.25) is 5.02 Å². The molecule has 5 heteroatoms. The molecule has 4 nitrogen and oxygen atoms in total. The molecule has 1 heterocycles. The third kappa shape index (κ3) is 5.60. The number of unbranched alkanes of at least 4 members (excludes halogenated alkanes) is 4. The fourth-order valence-corrected chi connectivity index (χ4v) is 2.95. The van der Waals surface area contributed by atoms with E-state index in [1.807, 2.05) is 30.3 Å². The van der Waals surface area contributed by atoms with Crippen molar-refractivity contribution in [3.8, 4) is 5.69 Å². The van der Waals surface area contributed by atoms with Crippen molar-refractivity contribution in [3.63, 3.8) is 0 Å². The Hall–Kier alpha value is -1.81. The van der Waals surface area contributed by atoms with Crippen LogP contribution in [0.15, 0.2) is 30.3 Å². The monoisotopic (exact) mass is 375 g/mol. The van der Waals surface area contributed by atoms with Crippen LogP contribution in [-0.2, 0) is 10.2 Å². The van der Waals surface area contributed by atoms with Crippen molar-refractivity contribution in [2.24, 2.45) is 0 Å². The summed E-state index contributed by atoms with van der Waals surface area (Å²) in [4.78, 5) is 12.4. The van der Waals surface area contributed by atoms with E-state index >= 15 is 0 Å². The van der Waals surface area contributed by atoms with Crippen molar-refractivity contribution in [1.29, 1.82) is 0 Å². The summed E-state index contributed by atoms with van der Waals surface area (Å²) in [6, 6.07) is 9.47. The summed E-state index contributed by atoms with van der Waals surface area (Å²) in [5.41, 5.74) is 1.56. The van der Waals surface area contributed by atoms with E-state index in [9.17, 15) is 4.79 Å². The van der Waals surface area contributed by atoms with Crippen molar-refractivity contribution in [1.82, 2.24) is 9.78 Å². The van der Waals surface area contributed by atoms with Gasteiger partial charge in [-0.05, 0) is 18.6 Å². The van der Waals surface area contributed by atoms with E-state index in [-0.39, 0.29) is 11.3 Å². The first-order valence-corrected chi connectivity index (χ1v) is 9.86. The molecule has 0 aliphatic heterocycles. The van der Waals surface area contributed by atoms with Crippen molar-refractivity contribution < 1.29 is 4.79 Å². The van der Waals surface area contributed by atoms with Crippen LogP contribution in [0, 0.1) is 0 Å². The average Bonchev–Trinajstić information content (AvgIpc) is 2.99.